The summed E-state index contributed by atoms with van der Waals surface area (Å²) in [6.45, 7) is 0. The molecule has 0 saturated carbocycles. The summed E-state index contributed by atoms with van der Waals surface area (Å²) < 4.78 is 10.4. The number of aromatic amines is 1. The molecule has 1 amide bonds. The number of aromatic nitrogens is 2. The fourth-order valence-electron chi connectivity index (χ4n) is 2.15. The average Bonchev–Trinajstić information content (AvgIpc) is 3.32. The molecule has 0 fully saturated rings. The molecule has 8 heteroatoms. The molecule has 0 bridgehead atoms. The number of methoxy groups -OCH3 is 2. The quantitative estimate of drug-likeness (QED) is 0.525. The van der Waals surface area contributed by atoms with Crippen LogP contribution in [0.3, 0.4) is 0 Å². The number of nitrogens with zero attached hydrogens (tertiary/aromatic N) is 2. The van der Waals surface area contributed by atoms with Crippen molar-refractivity contribution >= 4 is 23.5 Å². The second-order valence-corrected chi connectivity index (χ2v) is 5.91. The van der Waals surface area contributed by atoms with Gasteiger partial charge in [-0.05, 0) is 41.3 Å². The van der Waals surface area contributed by atoms with Crippen LogP contribution in [-0.2, 0) is 0 Å². The van der Waals surface area contributed by atoms with E-state index in [-0.39, 0.29) is 5.69 Å². The van der Waals surface area contributed by atoms with Crippen LogP contribution in [0, 0.1) is 0 Å². The lowest BCUT2D eigenvalue weighted by atomic mass is 10.2. The molecule has 0 aliphatic rings. The summed E-state index contributed by atoms with van der Waals surface area (Å²) in [5.74, 6) is 0.822. The number of hydrazone groups is 1. The van der Waals surface area contributed by atoms with Gasteiger partial charge >= 0.3 is 0 Å². The van der Waals surface area contributed by atoms with Crippen LogP contribution in [-0.4, -0.2) is 36.5 Å². The van der Waals surface area contributed by atoms with Crippen LogP contribution in [0.15, 0.2) is 46.9 Å². The maximum Gasteiger partial charge on any atom is 0.291 e. The first-order valence-corrected chi connectivity index (χ1v) is 8.24. The van der Waals surface area contributed by atoms with E-state index in [1.165, 1.54) is 6.21 Å². The molecule has 0 unspecified atom stereocenters. The number of hydrogen-bond acceptors (Lipinski definition) is 6. The molecule has 1 aromatic carbocycles. The van der Waals surface area contributed by atoms with Crippen LogP contribution in [0.5, 0.6) is 11.5 Å². The molecule has 3 aromatic rings. The van der Waals surface area contributed by atoms with Gasteiger partial charge in [0.05, 0.1) is 31.0 Å². The van der Waals surface area contributed by atoms with Crippen molar-refractivity contribution in [1.29, 1.82) is 0 Å². The number of carbonyl (C=O) groups excluding carboxylic acids is 1. The van der Waals surface area contributed by atoms with Crippen molar-refractivity contribution in [2.75, 3.05) is 14.2 Å². The zero-order valence-corrected chi connectivity index (χ0v) is 14.5. The van der Waals surface area contributed by atoms with Gasteiger partial charge in [0.25, 0.3) is 5.91 Å². The lowest BCUT2D eigenvalue weighted by molar-refractivity contribution is 0.0950. The Labute approximate surface area is 148 Å². The summed E-state index contributed by atoms with van der Waals surface area (Å²) in [6.07, 6.45) is 1.52. The van der Waals surface area contributed by atoms with Gasteiger partial charge in [0.2, 0.25) is 0 Å². The number of nitrogens with one attached hydrogen (secondary N) is 2. The number of amides is 1. The van der Waals surface area contributed by atoms with Crippen molar-refractivity contribution in [3.8, 4) is 22.1 Å². The minimum atomic E-state index is -0.393. The third kappa shape index (κ3) is 3.86. The zero-order chi connectivity index (χ0) is 17.6. The molecule has 0 saturated heterocycles. The molecular formula is C17H16N4O3S. The molecule has 25 heavy (non-hydrogen) atoms. The summed E-state index contributed by atoms with van der Waals surface area (Å²) in [6, 6.07) is 10.9. The van der Waals surface area contributed by atoms with Gasteiger partial charge in [-0.1, -0.05) is 6.07 Å². The van der Waals surface area contributed by atoms with Gasteiger partial charge in [-0.15, -0.1) is 11.3 Å². The molecule has 3 rings (SSSR count). The van der Waals surface area contributed by atoms with Crippen LogP contribution in [0.4, 0.5) is 0 Å². The van der Waals surface area contributed by atoms with Crippen LogP contribution in [0.25, 0.3) is 10.6 Å². The van der Waals surface area contributed by atoms with Gasteiger partial charge in [-0.3, -0.25) is 9.89 Å². The highest BCUT2D eigenvalue weighted by Crippen LogP contribution is 2.27. The molecule has 0 atom stereocenters. The largest absolute Gasteiger partial charge is 0.493 e. The standard InChI is InChI=1S/C17H16N4O3S/c1-23-14-6-5-11(8-15(14)24-2)10-18-21-17(22)13-9-12(19-20-13)16-4-3-7-25-16/h3-10H,1-2H3,(H,19,20)(H,21,22)/b18-10-. The smallest absolute Gasteiger partial charge is 0.291 e. The summed E-state index contributed by atoms with van der Waals surface area (Å²) >= 11 is 1.57. The number of rotatable bonds is 6. The number of carbonyl (C=O) groups is 1. The van der Waals surface area contributed by atoms with Gasteiger partial charge < -0.3 is 9.47 Å². The number of hydrogen-bond donors (Lipinski definition) is 2. The molecule has 0 aliphatic heterocycles. The monoisotopic (exact) mass is 356 g/mol. The Morgan fingerprint density at radius 2 is 2.08 bits per heavy atom. The summed E-state index contributed by atoms with van der Waals surface area (Å²) in [5.41, 5.74) is 4.28. The molecule has 0 radical (unpaired) electrons. The summed E-state index contributed by atoms with van der Waals surface area (Å²) in [4.78, 5) is 13.1. The van der Waals surface area contributed by atoms with E-state index < -0.39 is 5.91 Å². The first-order chi connectivity index (χ1) is 12.2. The number of benzene rings is 1. The zero-order valence-electron chi connectivity index (χ0n) is 13.6. The van der Waals surface area contributed by atoms with Gasteiger partial charge in [0, 0.05) is 0 Å². The molecule has 0 spiro atoms. The Morgan fingerprint density at radius 3 is 2.80 bits per heavy atom. The maximum absolute atomic E-state index is 12.1. The first kappa shape index (κ1) is 16.7. The summed E-state index contributed by atoms with van der Waals surface area (Å²) in [7, 11) is 3.13. The van der Waals surface area contributed by atoms with Crippen molar-refractivity contribution in [2.45, 2.75) is 0 Å². The highest BCUT2D eigenvalue weighted by molar-refractivity contribution is 7.13. The first-order valence-electron chi connectivity index (χ1n) is 7.36. The van der Waals surface area contributed by atoms with Crippen LogP contribution in [0.2, 0.25) is 0 Å². The highest BCUT2D eigenvalue weighted by Gasteiger charge is 2.11. The van der Waals surface area contributed by atoms with E-state index in [9.17, 15) is 4.79 Å². The van der Waals surface area contributed by atoms with Gasteiger partial charge in [0.15, 0.2) is 17.2 Å². The average molecular weight is 356 g/mol. The van der Waals surface area contributed by atoms with E-state index in [1.807, 2.05) is 17.5 Å². The lowest BCUT2D eigenvalue weighted by Gasteiger charge is -2.07. The topological polar surface area (TPSA) is 88.6 Å². The van der Waals surface area contributed by atoms with E-state index in [0.29, 0.717) is 11.5 Å². The van der Waals surface area contributed by atoms with Crippen LogP contribution in [0.1, 0.15) is 16.1 Å². The second-order valence-electron chi connectivity index (χ2n) is 4.96. The molecule has 2 aromatic heterocycles. The van der Waals surface area contributed by atoms with Crippen molar-refractivity contribution < 1.29 is 14.3 Å². The van der Waals surface area contributed by atoms with Crippen LogP contribution < -0.4 is 14.9 Å². The SMILES string of the molecule is COc1ccc(/C=N\NC(=O)c2cc(-c3cccs3)[nH]n2)cc1OC. The Hall–Kier alpha value is -3.13. The fraction of sp³-hybridized carbons (Fsp3) is 0.118. The molecule has 2 N–H and O–H groups in total. The van der Waals surface area contributed by atoms with Crippen molar-refractivity contribution in [1.82, 2.24) is 15.6 Å². The van der Waals surface area contributed by atoms with E-state index in [2.05, 4.69) is 20.7 Å². The Bertz CT molecular complexity index is 887. The minimum Gasteiger partial charge on any atom is -0.493 e. The molecule has 128 valence electrons. The van der Waals surface area contributed by atoms with Crippen molar-refractivity contribution in [2.24, 2.45) is 5.10 Å². The summed E-state index contributed by atoms with van der Waals surface area (Å²) in [5, 5.41) is 12.8. The van der Waals surface area contributed by atoms with Crippen LogP contribution >= 0.6 is 11.3 Å². The predicted octanol–water partition coefficient (Wildman–Crippen LogP) is 2.92. The van der Waals surface area contributed by atoms with E-state index >= 15 is 0 Å². The number of thiophene rings is 1. The number of H-pyrrole nitrogens is 1. The van der Waals surface area contributed by atoms with Crippen molar-refractivity contribution in [3.05, 3.63) is 53.0 Å². The van der Waals surface area contributed by atoms with Gasteiger partial charge in [-0.25, -0.2) is 5.43 Å². The van der Waals surface area contributed by atoms with Crippen molar-refractivity contribution in [3.63, 3.8) is 0 Å². The Morgan fingerprint density at radius 1 is 1.24 bits per heavy atom. The minimum absolute atomic E-state index is 0.271. The normalized spacial score (nSPS) is 10.8. The molecule has 0 aliphatic carbocycles. The molecular weight excluding hydrogens is 340 g/mol. The Kier molecular flexibility index (Phi) is 5.10. The third-order valence-electron chi connectivity index (χ3n) is 3.38. The maximum atomic E-state index is 12.1. The number of ether oxygens (including phenoxy) is 2. The molecule has 2 heterocycles. The Balaban J connectivity index is 1.65. The molecule has 7 nitrogen and oxygen atoms in total. The van der Waals surface area contributed by atoms with E-state index in [0.717, 1.165) is 16.1 Å². The highest BCUT2D eigenvalue weighted by atomic mass is 32.1. The predicted molar refractivity (Wildman–Crippen MR) is 96.5 cm³/mol. The lowest BCUT2D eigenvalue weighted by Crippen LogP contribution is -2.18. The van der Waals surface area contributed by atoms with Gasteiger partial charge in [0.1, 0.15) is 0 Å². The fourth-order valence-corrected chi connectivity index (χ4v) is 2.84. The third-order valence-corrected chi connectivity index (χ3v) is 4.29. The second kappa shape index (κ2) is 7.63. The van der Waals surface area contributed by atoms with E-state index in [4.69, 9.17) is 9.47 Å². The van der Waals surface area contributed by atoms with Gasteiger partial charge in [-0.2, -0.15) is 10.2 Å². The van der Waals surface area contributed by atoms with E-state index in [1.54, 1.807) is 49.8 Å².